The zero-order valence-electron chi connectivity index (χ0n) is 12.2. The van der Waals surface area contributed by atoms with Crippen molar-refractivity contribution < 1.29 is 14.6 Å². The van der Waals surface area contributed by atoms with E-state index in [2.05, 4.69) is 5.32 Å². The summed E-state index contributed by atoms with van der Waals surface area (Å²) in [5.74, 6) is 0.471. The number of ether oxygens (including phenoxy) is 1. The molecule has 0 saturated heterocycles. The van der Waals surface area contributed by atoms with E-state index in [1.165, 1.54) is 11.3 Å². The van der Waals surface area contributed by atoms with Crippen molar-refractivity contribution in [2.75, 3.05) is 19.5 Å². The molecule has 0 aliphatic rings. The first-order valence-electron chi connectivity index (χ1n) is 6.89. The second-order valence-corrected chi connectivity index (χ2v) is 5.82. The van der Waals surface area contributed by atoms with E-state index < -0.39 is 0 Å². The Morgan fingerprint density at radius 2 is 2.29 bits per heavy atom. The number of hydrogen-bond donors (Lipinski definition) is 3. The number of carbonyl (C=O) groups is 1. The number of fused-ring (bicyclic) bond motifs is 1. The number of amides is 1. The molecule has 0 aliphatic carbocycles. The quantitative estimate of drug-likeness (QED) is 0.765. The summed E-state index contributed by atoms with van der Waals surface area (Å²) in [5.41, 5.74) is 6.58. The molecule has 5 nitrogen and oxygen atoms in total. The van der Waals surface area contributed by atoms with E-state index >= 15 is 0 Å². The maximum Gasteiger partial charge on any atom is 0.263 e. The van der Waals surface area contributed by atoms with Gasteiger partial charge in [0.15, 0.2) is 0 Å². The summed E-state index contributed by atoms with van der Waals surface area (Å²) < 4.78 is 6.23. The van der Waals surface area contributed by atoms with Crippen molar-refractivity contribution in [3.05, 3.63) is 23.1 Å². The molecule has 4 N–H and O–H groups in total. The van der Waals surface area contributed by atoms with Gasteiger partial charge < -0.3 is 20.9 Å². The zero-order chi connectivity index (χ0) is 15.4. The summed E-state index contributed by atoms with van der Waals surface area (Å²) in [6.45, 7) is 2.02. The van der Waals surface area contributed by atoms with E-state index in [0.717, 1.165) is 16.5 Å². The van der Waals surface area contributed by atoms with E-state index in [-0.39, 0.29) is 18.6 Å². The van der Waals surface area contributed by atoms with Gasteiger partial charge in [-0.3, -0.25) is 4.79 Å². The van der Waals surface area contributed by atoms with Crippen LogP contribution in [0.2, 0.25) is 0 Å². The molecule has 2 rings (SSSR count). The normalized spacial score (nSPS) is 12.3. The predicted octanol–water partition coefficient (Wildman–Crippen LogP) is 2.38. The summed E-state index contributed by atoms with van der Waals surface area (Å²) in [6.07, 6.45) is 1.30. The SMILES string of the molecule is CCC(CCO)NC(=O)c1sc2cccc(OC)c2c1N. The average Bonchev–Trinajstić information content (AvgIpc) is 2.84. The number of anilines is 1. The highest BCUT2D eigenvalue weighted by Crippen LogP contribution is 2.39. The van der Waals surface area contributed by atoms with Crippen LogP contribution in [0.1, 0.15) is 29.4 Å². The Hall–Kier alpha value is -1.79. The van der Waals surface area contributed by atoms with Crippen LogP contribution in [0, 0.1) is 0 Å². The van der Waals surface area contributed by atoms with Gasteiger partial charge in [-0.2, -0.15) is 0 Å². The van der Waals surface area contributed by atoms with Gasteiger partial charge >= 0.3 is 0 Å². The molecule has 1 aromatic carbocycles. The summed E-state index contributed by atoms with van der Waals surface area (Å²) in [7, 11) is 1.58. The van der Waals surface area contributed by atoms with E-state index in [1.54, 1.807) is 7.11 Å². The van der Waals surface area contributed by atoms with Gasteiger partial charge in [-0.25, -0.2) is 0 Å². The second-order valence-electron chi connectivity index (χ2n) is 4.77. The Morgan fingerprint density at radius 1 is 1.52 bits per heavy atom. The molecule has 114 valence electrons. The van der Waals surface area contributed by atoms with E-state index in [1.807, 2.05) is 25.1 Å². The minimum atomic E-state index is -0.198. The van der Waals surface area contributed by atoms with Gasteiger partial charge in [0.1, 0.15) is 10.6 Å². The molecule has 0 aliphatic heterocycles. The maximum absolute atomic E-state index is 12.4. The number of rotatable bonds is 6. The molecule has 0 fully saturated rings. The van der Waals surface area contributed by atoms with Gasteiger partial charge in [0.2, 0.25) is 0 Å². The lowest BCUT2D eigenvalue weighted by molar-refractivity contribution is 0.0934. The molecule has 2 aromatic rings. The van der Waals surface area contributed by atoms with Crippen molar-refractivity contribution in [2.24, 2.45) is 0 Å². The van der Waals surface area contributed by atoms with Crippen LogP contribution in [0.3, 0.4) is 0 Å². The van der Waals surface area contributed by atoms with Crippen molar-refractivity contribution in [2.45, 2.75) is 25.8 Å². The Morgan fingerprint density at radius 3 is 2.90 bits per heavy atom. The lowest BCUT2D eigenvalue weighted by Gasteiger charge is -2.15. The number of nitrogen functional groups attached to an aromatic ring is 1. The van der Waals surface area contributed by atoms with E-state index in [9.17, 15) is 4.79 Å². The Balaban J connectivity index is 2.34. The van der Waals surface area contributed by atoms with Crippen LogP contribution in [0.4, 0.5) is 5.69 Å². The smallest absolute Gasteiger partial charge is 0.263 e. The number of carbonyl (C=O) groups excluding carboxylic acids is 1. The third-order valence-electron chi connectivity index (χ3n) is 3.45. The minimum absolute atomic E-state index is 0.0472. The summed E-state index contributed by atoms with van der Waals surface area (Å²) in [5, 5.41) is 12.7. The van der Waals surface area contributed by atoms with Crippen molar-refractivity contribution in [3.63, 3.8) is 0 Å². The fourth-order valence-electron chi connectivity index (χ4n) is 2.26. The highest BCUT2D eigenvalue weighted by Gasteiger charge is 2.20. The van der Waals surface area contributed by atoms with Gasteiger partial charge in [0.05, 0.1) is 18.2 Å². The van der Waals surface area contributed by atoms with Crippen LogP contribution in [0.25, 0.3) is 10.1 Å². The molecule has 1 unspecified atom stereocenters. The lowest BCUT2D eigenvalue weighted by atomic mass is 10.1. The van der Waals surface area contributed by atoms with Gasteiger partial charge in [-0.15, -0.1) is 11.3 Å². The molecule has 1 heterocycles. The molecule has 1 atom stereocenters. The zero-order valence-corrected chi connectivity index (χ0v) is 13.0. The van der Waals surface area contributed by atoms with Crippen LogP contribution in [0.5, 0.6) is 5.75 Å². The lowest BCUT2D eigenvalue weighted by Crippen LogP contribution is -2.34. The average molecular weight is 308 g/mol. The second kappa shape index (κ2) is 6.78. The van der Waals surface area contributed by atoms with Gasteiger partial charge in [-0.05, 0) is 25.0 Å². The highest BCUT2D eigenvalue weighted by molar-refractivity contribution is 7.21. The fourth-order valence-corrected chi connectivity index (χ4v) is 3.31. The minimum Gasteiger partial charge on any atom is -0.496 e. The topological polar surface area (TPSA) is 84.6 Å². The van der Waals surface area contributed by atoms with Crippen LogP contribution in [-0.4, -0.2) is 30.8 Å². The molecule has 0 bridgehead atoms. The van der Waals surface area contributed by atoms with Crippen LogP contribution < -0.4 is 15.8 Å². The van der Waals surface area contributed by atoms with Crippen LogP contribution in [0.15, 0.2) is 18.2 Å². The standard InChI is InChI=1S/C15H20N2O3S/c1-3-9(7-8-18)17-15(19)14-13(16)12-10(20-2)5-4-6-11(12)21-14/h4-6,9,18H,3,7-8,16H2,1-2H3,(H,17,19). The number of aliphatic hydroxyl groups excluding tert-OH is 1. The number of nitrogens with one attached hydrogen (secondary N) is 1. The first-order chi connectivity index (χ1) is 10.1. The summed E-state index contributed by atoms with van der Waals surface area (Å²) >= 11 is 1.35. The van der Waals surface area contributed by atoms with E-state index in [0.29, 0.717) is 22.7 Å². The van der Waals surface area contributed by atoms with Gasteiger partial charge in [0, 0.05) is 17.3 Å². The third-order valence-corrected chi connectivity index (χ3v) is 4.62. The van der Waals surface area contributed by atoms with Gasteiger partial charge in [0.25, 0.3) is 5.91 Å². The summed E-state index contributed by atoms with van der Waals surface area (Å²) in [4.78, 5) is 12.9. The number of aliphatic hydroxyl groups is 1. The summed E-state index contributed by atoms with van der Waals surface area (Å²) in [6, 6.07) is 5.57. The first kappa shape index (κ1) is 15.6. The van der Waals surface area contributed by atoms with Crippen molar-refractivity contribution in [1.82, 2.24) is 5.32 Å². The van der Waals surface area contributed by atoms with Crippen molar-refractivity contribution >= 4 is 33.0 Å². The number of thiophene rings is 1. The van der Waals surface area contributed by atoms with Crippen molar-refractivity contribution in [1.29, 1.82) is 0 Å². The molecule has 1 amide bonds. The molecule has 1 aromatic heterocycles. The highest BCUT2D eigenvalue weighted by atomic mass is 32.1. The van der Waals surface area contributed by atoms with Gasteiger partial charge in [-0.1, -0.05) is 13.0 Å². The maximum atomic E-state index is 12.4. The molecule has 0 radical (unpaired) electrons. The third kappa shape index (κ3) is 3.11. The molecule has 21 heavy (non-hydrogen) atoms. The predicted molar refractivity (Wildman–Crippen MR) is 86.0 cm³/mol. The molecular weight excluding hydrogens is 288 g/mol. The molecule has 6 heteroatoms. The Bertz CT molecular complexity index is 639. The van der Waals surface area contributed by atoms with Crippen molar-refractivity contribution in [3.8, 4) is 5.75 Å². The number of benzene rings is 1. The first-order valence-corrected chi connectivity index (χ1v) is 7.70. The number of nitrogens with two attached hydrogens (primary N) is 1. The molecule has 0 spiro atoms. The Labute approximate surface area is 127 Å². The largest absolute Gasteiger partial charge is 0.496 e. The van der Waals surface area contributed by atoms with Crippen LogP contribution >= 0.6 is 11.3 Å². The number of hydrogen-bond acceptors (Lipinski definition) is 5. The van der Waals surface area contributed by atoms with Crippen LogP contribution in [-0.2, 0) is 0 Å². The molecule has 0 saturated carbocycles. The molecular formula is C15H20N2O3S. The number of methoxy groups -OCH3 is 1. The Kier molecular flexibility index (Phi) is 5.03. The monoisotopic (exact) mass is 308 g/mol. The fraction of sp³-hybridized carbons (Fsp3) is 0.400. The van der Waals surface area contributed by atoms with E-state index in [4.69, 9.17) is 15.6 Å².